The van der Waals surface area contributed by atoms with Gasteiger partial charge in [0.05, 0.1) is 12.7 Å². The molecule has 0 unspecified atom stereocenters. The third-order valence-electron chi connectivity index (χ3n) is 2.79. The van der Waals surface area contributed by atoms with Crippen molar-refractivity contribution in [2.75, 3.05) is 6.61 Å². The predicted octanol–water partition coefficient (Wildman–Crippen LogP) is -0.145. The van der Waals surface area contributed by atoms with E-state index in [9.17, 15) is 9.90 Å². The highest BCUT2D eigenvalue weighted by molar-refractivity contribution is 7.71. The van der Waals surface area contributed by atoms with Gasteiger partial charge in [-0.3, -0.25) is 14.3 Å². The Labute approximate surface area is 102 Å². The molecule has 1 aromatic heterocycles. The number of nitrogens with one attached hydrogen (secondary N) is 1. The quantitative estimate of drug-likeness (QED) is 0.642. The summed E-state index contributed by atoms with van der Waals surface area (Å²) in [5.41, 5.74) is 0.235. The van der Waals surface area contributed by atoms with E-state index in [2.05, 4.69) is 4.98 Å². The van der Waals surface area contributed by atoms with Crippen molar-refractivity contribution >= 4 is 12.2 Å². The van der Waals surface area contributed by atoms with Crippen LogP contribution >= 0.6 is 12.2 Å². The largest absolute Gasteiger partial charge is 0.394 e. The summed E-state index contributed by atoms with van der Waals surface area (Å²) >= 11 is 5.02. The van der Waals surface area contributed by atoms with Crippen molar-refractivity contribution in [2.24, 2.45) is 0 Å². The molecule has 7 heteroatoms. The van der Waals surface area contributed by atoms with E-state index in [4.69, 9.17) is 22.1 Å². The summed E-state index contributed by atoms with van der Waals surface area (Å²) in [6.45, 7) is 1.50. The van der Waals surface area contributed by atoms with Crippen LogP contribution in [0.15, 0.2) is 11.0 Å². The van der Waals surface area contributed by atoms with Crippen LogP contribution in [0.1, 0.15) is 18.2 Å². The highest BCUT2D eigenvalue weighted by atomic mass is 32.1. The van der Waals surface area contributed by atoms with Crippen LogP contribution < -0.4 is 5.56 Å². The van der Waals surface area contributed by atoms with Gasteiger partial charge in [-0.05, 0) is 19.1 Å². The van der Waals surface area contributed by atoms with E-state index >= 15 is 0 Å². The van der Waals surface area contributed by atoms with Crippen LogP contribution in [-0.2, 0) is 4.74 Å². The zero-order valence-electron chi connectivity index (χ0n) is 9.29. The third kappa shape index (κ3) is 2.32. The highest BCUT2D eigenvalue weighted by Gasteiger charge is 2.34. The van der Waals surface area contributed by atoms with E-state index in [0.717, 1.165) is 0 Å². The summed E-state index contributed by atoms with van der Waals surface area (Å²) in [6.07, 6.45) is 0.0964. The van der Waals surface area contributed by atoms with Crippen molar-refractivity contribution in [2.45, 2.75) is 31.8 Å². The molecule has 0 radical (unpaired) electrons. The first-order valence-electron chi connectivity index (χ1n) is 5.29. The van der Waals surface area contributed by atoms with E-state index in [1.807, 2.05) is 0 Å². The lowest BCUT2D eigenvalue weighted by atomic mass is 10.2. The highest BCUT2D eigenvalue weighted by Crippen LogP contribution is 2.28. The lowest BCUT2D eigenvalue weighted by Crippen LogP contribution is -2.24. The van der Waals surface area contributed by atoms with Crippen LogP contribution in [0.2, 0.25) is 0 Å². The lowest BCUT2D eigenvalue weighted by molar-refractivity contribution is -0.0521. The fourth-order valence-corrected chi connectivity index (χ4v) is 2.12. The van der Waals surface area contributed by atoms with E-state index < -0.39 is 18.4 Å². The van der Waals surface area contributed by atoms with Gasteiger partial charge in [0.1, 0.15) is 6.10 Å². The predicted molar refractivity (Wildman–Crippen MR) is 62.2 cm³/mol. The molecule has 1 saturated heterocycles. The number of aliphatic hydroxyl groups is 2. The Morgan fingerprint density at radius 1 is 1.71 bits per heavy atom. The number of hydrogen-bond donors (Lipinski definition) is 3. The Balaban J connectivity index is 2.38. The molecule has 3 N–H and O–H groups in total. The fourth-order valence-electron chi connectivity index (χ4n) is 1.87. The van der Waals surface area contributed by atoms with Crippen LogP contribution in [0.5, 0.6) is 0 Å². The van der Waals surface area contributed by atoms with Crippen molar-refractivity contribution < 1.29 is 14.9 Å². The number of aromatic nitrogens is 2. The topological polar surface area (TPSA) is 87.5 Å². The first-order chi connectivity index (χ1) is 8.02. The van der Waals surface area contributed by atoms with E-state index in [0.29, 0.717) is 12.0 Å². The fraction of sp³-hybridized carbons (Fsp3) is 0.600. The van der Waals surface area contributed by atoms with Crippen molar-refractivity contribution in [1.82, 2.24) is 9.55 Å². The van der Waals surface area contributed by atoms with E-state index in [1.165, 1.54) is 4.57 Å². The molecule has 17 heavy (non-hydrogen) atoms. The van der Waals surface area contributed by atoms with Crippen molar-refractivity contribution in [3.05, 3.63) is 26.9 Å². The van der Waals surface area contributed by atoms with Gasteiger partial charge in [0.2, 0.25) is 0 Å². The van der Waals surface area contributed by atoms with Crippen LogP contribution in [0.25, 0.3) is 0 Å². The molecule has 0 bridgehead atoms. The molecule has 1 aromatic rings. The van der Waals surface area contributed by atoms with Gasteiger partial charge >= 0.3 is 0 Å². The van der Waals surface area contributed by atoms with Gasteiger partial charge in [0.25, 0.3) is 5.56 Å². The zero-order valence-corrected chi connectivity index (χ0v) is 10.1. The third-order valence-corrected chi connectivity index (χ3v) is 3.10. The van der Waals surface area contributed by atoms with E-state index in [1.54, 1.807) is 13.1 Å². The number of rotatable bonds is 2. The molecule has 0 aromatic carbocycles. The summed E-state index contributed by atoms with van der Waals surface area (Å²) in [7, 11) is 0. The number of nitrogens with zero attached hydrogens (tertiary/aromatic N) is 1. The molecule has 94 valence electrons. The van der Waals surface area contributed by atoms with E-state index in [-0.39, 0.29) is 16.9 Å². The maximum absolute atomic E-state index is 11.3. The van der Waals surface area contributed by atoms with Gasteiger partial charge in [-0.1, -0.05) is 0 Å². The molecule has 0 saturated carbocycles. The van der Waals surface area contributed by atoms with Gasteiger partial charge in [0.15, 0.2) is 11.0 Å². The second-order valence-corrected chi connectivity index (χ2v) is 4.50. The summed E-state index contributed by atoms with van der Waals surface area (Å²) in [4.78, 5) is 13.8. The lowest BCUT2D eigenvalue weighted by Gasteiger charge is -2.18. The Bertz CT molecular complexity index is 524. The molecule has 1 aliphatic rings. The van der Waals surface area contributed by atoms with Gasteiger partial charge in [0, 0.05) is 18.2 Å². The van der Waals surface area contributed by atoms with Crippen LogP contribution in [0.3, 0.4) is 0 Å². The molecule has 6 nitrogen and oxygen atoms in total. The van der Waals surface area contributed by atoms with Gasteiger partial charge in [-0.15, -0.1) is 0 Å². The first-order valence-corrected chi connectivity index (χ1v) is 5.70. The Kier molecular flexibility index (Phi) is 3.43. The molecule has 3 atom stereocenters. The summed E-state index contributed by atoms with van der Waals surface area (Å²) < 4.78 is 7.16. The first kappa shape index (κ1) is 12.4. The molecule has 2 heterocycles. The van der Waals surface area contributed by atoms with Gasteiger partial charge in [-0.2, -0.15) is 0 Å². The van der Waals surface area contributed by atoms with Crippen molar-refractivity contribution in [3.8, 4) is 0 Å². The van der Waals surface area contributed by atoms with Crippen LogP contribution in [0.4, 0.5) is 0 Å². The second-order valence-electron chi connectivity index (χ2n) is 4.11. The van der Waals surface area contributed by atoms with Gasteiger partial charge < -0.3 is 14.9 Å². The minimum absolute atomic E-state index is 0.150. The zero-order chi connectivity index (χ0) is 12.6. The number of H-pyrrole nitrogens is 1. The van der Waals surface area contributed by atoms with Crippen molar-refractivity contribution in [1.29, 1.82) is 0 Å². The smallest absolute Gasteiger partial charge is 0.254 e. The normalized spacial score (nSPS) is 28.5. The molecule has 2 rings (SSSR count). The molecule has 0 amide bonds. The van der Waals surface area contributed by atoms with Gasteiger partial charge in [-0.25, -0.2) is 0 Å². The second kappa shape index (κ2) is 4.69. The molecular weight excluding hydrogens is 244 g/mol. The summed E-state index contributed by atoms with van der Waals surface area (Å²) in [5.74, 6) is 0. The summed E-state index contributed by atoms with van der Waals surface area (Å²) in [6, 6.07) is 0. The average Bonchev–Trinajstić information content (AvgIpc) is 2.65. The molecule has 1 aliphatic heterocycles. The number of ether oxygens (including phenoxy) is 1. The Morgan fingerprint density at radius 2 is 2.41 bits per heavy atom. The molecule has 0 spiro atoms. The Hall–Kier alpha value is -1.02. The SMILES string of the molecule is Cc1cn([C@@H]2O[C@H](CO)C[C@@H]2O)c(=S)[nH]c1=O. The number of hydrogen-bond acceptors (Lipinski definition) is 5. The number of aryl methyl sites for hydroxylation is 1. The maximum Gasteiger partial charge on any atom is 0.254 e. The molecule has 1 fully saturated rings. The Morgan fingerprint density at radius 3 is 3.00 bits per heavy atom. The summed E-state index contributed by atoms with van der Waals surface area (Å²) in [5, 5.41) is 18.8. The molecule has 0 aliphatic carbocycles. The maximum atomic E-state index is 11.3. The van der Waals surface area contributed by atoms with Crippen LogP contribution in [-0.4, -0.2) is 38.6 Å². The van der Waals surface area contributed by atoms with Crippen LogP contribution in [0, 0.1) is 11.7 Å². The molecular formula is C10H14N2O4S. The minimum atomic E-state index is -0.746. The minimum Gasteiger partial charge on any atom is -0.394 e. The number of aromatic amines is 1. The van der Waals surface area contributed by atoms with Crippen molar-refractivity contribution in [3.63, 3.8) is 0 Å². The monoisotopic (exact) mass is 258 g/mol. The number of aliphatic hydroxyl groups excluding tert-OH is 2. The average molecular weight is 258 g/mol. The standard InChI is InChI=1S/C10H14N2O4S/c1-5-3-12(10(17)11-8(5)15)9-7(14)2-6(4-13)16-9/h3,6-7,9,13-14H,2,4H2,1H3,(H,11,15,17)/t6-,7-,9+/m0/s1.